The Morgan fingerprint density at radius 1 is 1.43 bits per heavy atom. The van der Waals surface area contributed by atoms with Gasteiger partial charge >= 0.3 is 0 Å². The molecular weight excluding hydrogens is 174 g/mol. The highest BCUT2D eigenvalue weighted by molar-refractivity contribution is 5.02. The Bertz CT molecular complexity index is 189. The van der Waals surface area contributed by atoms with Crippen molar-refractivity contribution in [3.63, 3.8) is 0 Å². The van der Waals surface area contributed by atoms with E-state index >= 15 is 0 Å². The van der Waals surface area contributed by atoms with Crippen molar-refractivity contribution >= 4 is 0 Å². The number of rotatable bonds is 4. The molecule has 3 N–H and O–H groups in total. The lowest BCUT2D eigenvalue weighted by Gasteiger charge is -2.44. The van der Waals surface area contributed by atoms with Gasteiger partial charge in [0.15, 0.2) is 0 Å². The first-order chi connectivity index (χ1) is 6.53. The van der Waals surface area contributed by atoms with Crippen LogP contribution in [0.15, 0.2) is 0 Å². The van der Waals surface area contributed by atoms with Crippen LogP contribution in [0.1, 0.15) is 52.9 Å². The van der Waals surface area contributed by atoms with E-state index in [-0.39, 0.29) is 5.41 Å². The van der Waals surface area contributed by atoms with Crippen molar-refractivity contribution in [3.8, 4) is 0 Å². The predicted molar refractivity (Wildman–Crippen MR) is 60.0 cm³/mol. The third kappa shape index (κ3) is 1.70. The zero-order valence-corrected chi connectivity index (χ0v) is 9.84. The molecule has 0 aromatic carbocycles. The Morgan fingerprint density at radius 2 is 2.00 bits per heavy atom. The molecule has 0 saturated heterocycles. The fourth-order valence-electron chi connectivity index (χ4n) is 3.19. The lowest BCUT2D eigenvalue weighted by molar-refractivity contribution is -0.0856. The first-order valence-corrected chi connectivity index (χ1v) is 5.96. The van der Waals surface area contributed by atoms with E-state index in [2.05, 4.69) is 20.8 Å². The molecule has 0 aromatic rings. The third-order valence-electron chi connectivity index (χ3n) is 4.40. The average molecular weight is 199 g/mol. The molecule has 1 fully saturated rings. The molecule has 1 rings (SSSR count). The molecule has 14 heavy (non-hydrogen) atoms. The number of hydrogen-bond acceptors (Lipinski definition) is 2. The molecule has 0 radical (unpaired) electrons. The number of aliphatic hydroxyl groups is 1. The molecular formula is C12H25NO. The largest absolute Gasteiger partial charge is 0.389 e. The van der Waals surface area contributed by atoms with E-state index in [1.807, 2.05) is 0 Å². The maximum Gasteiger partial charge on any atom is 0.0710 e. The lowest BCUT2D eigenvalue weighted by Crippen LogP contribution is -2.50. The smallest absolute Gasteiger partial charge is 0.0710 e. The highest BCUT2D eigenvalue weighted by Crippen LogP contribution is 2.50. The van der Waals surface area contributed by atoms with Gasteiger partial charge in [-0.25, -0.2) is 0 Å². The van der Waals surface area contributed by atoms with Crippen LogP contribution in [0.3, 0.4) is 0 Å². The fourth-order valence-corrected chi connectivity index (χ4v) is 3.19. The van der Waals surface area contributed by atoms with Gasteiger partial charge in [0.1, 0.15) is 0 Å². The van der Waals surface area contributed by atoms with Crippen LogP contribution < -0.4 is 5.73 Å². The minimum absolute atomic E-state index is 0.00405. The van der Waals surface area contributed by atoms with Crippen molar-refractivity contribution in [2.75, 3.05) is 6.54 Å². The summed E-state index contributed by atoms with van der Waals surface area (Å²) in [6, 6.07) is 0. The van der Waals surface area contributed by atoms with Crippen LogP contribution >= 0.6 is 0 Å². The van der Waals surface area contributed by atoms with Gasteiger partial charge in [-0.05, 0) is 31.6 Å². The topological polar surface area (TPSA) is 46.2 Å². The summed E-state index contributed by atoms with van der Waals surface area (Å²) in [5.41, 5.74) is 5.37. The zero-order chi connectivity index (χ0) is 10.8. The van der Waals surface area contributed by atoms with Gasteiger partial charge in [-0.1, -0.05) is 27.2 Å². The quantitative estimate of drug-likeness (QED) is 0.730. The molecule has 1 aliphatic rings. The molecule has 84 valence electrons. The van der Waals surface area contributed by atoms with Crippen LogP contribution in [0.5, 0.6) is 0 Å². The molecule has 2 unspecified atom stereocenters. The Labute approximate surface area is 87.9 Å². The highest BCUT2D eigenvalue weighted by Gasteiger charge is 2.50. The average Bonchev–Trinajstić information content (AvgIpc) is 2.60. The van der Waals surface area contributed by atoms with Gasteiger partial charge in [-0.2, -0.15) is 0 Å². The normalized spacial score (nSPS) is 33.6. The summed E-state index contributed by atoms with van der Waals surface area (Å²) in [7, 11) is 0. The Kier molecular flexibility index (Phi) is 3.59. The first kappa shape index (κ1) is 12.0. The molecule has 2 atom stereocenters. The summed E-state index contributed by atoms with van der Waals surface area (Å²) in [5.74, 6) is 0.725. The molecule has 1 aliphatic carbocycles. The highest BCUT2D eigenvalue weighted by atomic mass is 16.3. The molecule has 0 spiro atoms. The van der Waals surface area contributed by atoms with Crippen LogP contribution in [-0.4, -0.2) is 17.3 Å². The van der Waals surface area contributed by atoms with Crippen LogP contribution in [0.4, 0.5) is 0 Å². The maximum absolute atomic E-state index is 10.6. The van der Waals surface area contributed by atoms with Crippen LogP contribution in [0.25, 0.3) is 0 Å². The minimum atomic E-state index is -0.535. The Hall–Kier alpha value is -0.0800. The fraction of sp³-hybridized carbons (Fsp3) is 1.00. The van der Waals surface area contributed by atoms with Gasteiger partial charge < -0.3 is 10.8 Å². The van der Waals surface area contributed by atoms with E-state index in [9.17, 15) is 5.11 Å². The van der Waals surface area contributed by atoms with E-state index in [0.29, 0.717) is 6.54 Å². The van der Waals surface area contributed by atoms with Gasteiger partial charge in [0.25, 0.3) is 0 Å². The van der Waals surface area contributed by atoms with Crippen molar-refractivity contribution in [1.82, 2.24) is 0 Å². The van der Waals surface area contributed by atoms with E-state index < -0.39 is 5.60 Å². The van der Waals surface area contributed by atoms with Crippen molar-refractivity contribution in [2.45, 2.75) is 58.5 Å². The van der Waals surface area contributed by atoms with Crippen LogP contribution in [0, 0.1) is 11.3 Å². The molecule has 0 bridgehead atoms. The summed E-state index contributed by atoms with van der Waals surface area (Å²) in [5, 5.41) is 10.6. The van der Waals surface area contributed by atoms with Crippen LogP contribution in [-0.2, 0) is 0 Å². The summed E-state index contributed by atoms with van der Waals surface area (Å²) < 4.78 is 0. The molecule has 0 amide bonds. The van der Waals surface area contributed by atoms with E-state index in [0.717, 1.165) is 31.6 Å². The van der Waals surface area contributed by atoms with Gasteiger partial charge in [0, 0.05) is 12.0 Å². The van der Waals surface area contributed by atoms with E-state index in [1.54, 1.807) is 0 Å². The number of hydrogen-bond donors (Lipinski definition) is 2. The molecule has 2 nitrogen and oxygen atoms in total. The second-order valence-corrected chi connectivity index (χ2v) is 5.07. The van der Waals surface area contributed by atoms with Crippen molar-refractivity contribution < 1.29 is 5.11 Å². The van der Waals surface area contributed by atoms with Crippen molar-refractivity contribution in [1.29, 1.82) is 0 Å². The molecule has 0 aliphatic heterocycles. The first-order valence-electron chi connectivity index (χ1n) is 5.96. The van der Waals surface area contributed by atoms with Gasteiger partial charge in [-0.15, -0.1) is 0 Å². The second kappa shape index (κ2) is 4.19. The minimum Gasteiger partial charge on any atom is -0.389 e. The second-order valence-electron chi connectivity index (χ2n) is 5.07. The summed E-state index contributed by atoms with van der Waals surface area (Å²) in [6.45, 7) is 7.05. The summed E-state index contributed by atoms with van der Waals surface area (Å²) in [6.07, 6.45) is 5.07. The van der Waals surface area contributed by atoms with Crippen molar-refractivity contribution in [2.24, 2.45) is 17.1 Å². The summed E-state index contributed by atoms with van der Waals surface area (Å²) >= 11 is 0. The standard InChI is InChI=1S/C12H25NO/c1-4-12(14,5-2)11(9-13)7-6-10(3)8-11/h10,14H,4-9,13H2,1-3H3. The molecule has 1 saturated carbocycles. The monoisotopic (exact) mass is 199 g/mol. The molecule has 2 heteroatoms. The Morgan fingerprint density at radius 3 is 2.29 bits per heavy atom. The SMILES string of the molecule is CCC(O)(CC)C1(CN)CCC(C)C1. The lowest BCUT2D eigenvalue weighted by atomic mass is 9.67. The third-order valence-corrected chi connectivity index (χ3v) is 4.40. The van der Waals surface area contributed by atoms with Gasteiger partial charge in [-0.3, -0.25) is 0 Å². The molecule has 0 aromatic heterocycles. The predicted octanol–water partition coefficient (Wildman–Crippen LogP) is 2.30. The molecule has 0 heterocycles. The maximum atomic E-state index is 10.6. The van der Waals surface area contributed by atoms with E-state index in [4.69, 9.17) is 5.73 Å². The Balaban J connectivity index is 2.88. The van der Waals surface area contributed by atoms with Crippen molar-refractivity contribution in [3.05, 3.63) is 0 Å². The zero-order valence-electron chi connectivity index (χ0n) is 9.84. The summed E-state index contributed by atoms with van der Waals surface area (Å²) in [4.78, 5) is 0. The van der Waals surface area contributed by atoms with Crippen LogP contribution in [0.2, 0.25) is 0 Å². The van der Waals surface area contributed by atoms with Gasteiger partial charge in [0.05, 0.1) is 5.60 Å². The van der Waals surface area contributed by atoms with Gasteiger partial charge in [0.2, 0.25) is 0 Å². The van der Waals surface area contributed by atoms with E-state index in [1.165, 1.54) is 6.42 Å². The number of nitrogens with two attached hydrogens (primary N) is 1.